The highest BCUT2D eigenvalue weighted by Gasteiger charge is 2.24. The van der Waals surface area contributed by atoms with Crippen molar-refractivity contribution < 1.29 is 0 Å². The van der Waals surface area contributed by atoms with Crippen molar-refractivity contribution in [3.63, 3.8) is 0 Å². The van der Waals surface area contributed by atoms with Gasteiger partial charge in [0.15, 0.2) is 0 Å². The number of hydrogen-bond acceptors (Lipinski definition) is 3. The molecule has 1 N–H and O–H groups in total. The van der Waals surface area contributed by atoms with Gasteiger partial charge >= 0.3 is 0 Å². The maximum absolute atomic E-state index is 4.45. The minimum Gasteiger partial charge on any atom is -0.313 e. The smallest absolute Gasteiger partial charge is 0.138 e. The Morgan fingerprint density at radius 1 is 1.33 bits per heavy atom. The number of benzene rings is 1. The lowest BCUT2D eigenvalue weighted by molar-refractivity contribution is 0.534. The van der Waals surface area contributed by atoms with Crippen LogP contribution in [0.4, 0.5) is 0 Å². The van der Waals surface area contributed by atoms with Crippen LogP contribution in [0.2, 0.25) is 0 Å². The normalized spacial score (nSPS) is 16.1. The zero-order valence-electron chi connectivity index (χ0n) is 12.9. The number of nitrogens with one attached hydrogen (secondary N) is 1. The minimum absolute atomic E-state index is 0.460. The van der Waals surface area contributed by atoms with Gasteiger partial charge in [0.2, 0.25) is 0 Å². The third-order valence-electron chi connectivity index (χ3n) is 4.28. The summed E-state index contributed by atoms with van der Waals surface area (Å²) in [5, 5.41) is 7.97. The van der Waals surface area contributed by atoms with Crippen LogP contribution in [0.5, 0.6) is 0 Å². The summed E-state index contributed by atoms with van der Waals surface area (Å²) < 4.78 is 2.00. The summed E-state index contributed by atoms with van der Waals surface area (Å²) in [6, 6.07) is 9.43. The summed E-state index contributed by atoms with van der Waals surface area (Å²) in [4.78, 5) is 4.45. The molecular formula is C17H24N4. The molecule has 4 nitrogen and oxygen atoms in total. The number of hydrogen-bond donors (Lipinski definition) is 1. The Morgan fingerprint density at radius 2 is 2.14 bits per heavy atom. The van der Waals surface area contributed by atoms with E-state index in [4.69, 9.17) is 0 Å². The van der Waals surface area contributed by atoms with Crippen molar-refractivity contribution in [2.24, 2.45) is 0 Å². The van der Waals surface area contributed by atoms with Crippen LogP contribution in [-0.2, 0) is 13.0 Å². The fourth-order valence-corrected chi connectivity index (χ4v) is 2.86. The van der Waals surface area contributed by atoms with Crippen molar-refractivity contribution in [2.75, 3.05) is 6.54 Å². The molecule has 1 aromatic carbocycles. The number of aromatic nitrogens is 3. The molecule has 1 aliphatic rings. The maximum Gasteiger partial charge on any atom is 0.138 e. The molecule has 21 heavy (non-hydrogen) atoms. The highest BCUT2D eigenvalue weighted by molar-refractivity contribution is 5.30. The fraction of sp³-hybridized carbons (Fsp3) is 0.529. The topological polar surface area (TPSA) is 42.7 Å². The highest BCUT2D eigenvalue weighted by atomic mass is 15.3. The third-order valence-corrected chi connectivity index (χ3v) is 4.28. The van der Waals surface area contributed by atoms with Gasteiger partial charge in [-0.15, -0.1) is 0 Å². The average Bonchev–Trinajstić information content (AvgIpc) is 3.22. The Bertz CT molecular complexity index is 586. The van der Waals surface area contributed by atoms with Crippen molar-refractivity contribution >= 4 is 0 Å². The summed E-state index contributed by atoms with van der Waals surface area (Å²) in [6.45, 7) is 6.21. The van der Waals surface area contributed by atoms with E-state index in [1.807, 2.05) is 4.68 Å². The first kappa shape index (κ1) is 14.3. The van der Waals surface area contributed by atoms with Gasteiger partial charge < -0.3 is 5.32 Å². The van der Waals surface area contributed by atoms with Gasteiger partial charge in [0.1, 0.15) is 12.2 Å². The Kier molecular flexibility index (Phi) is 4.34. The summed E-state index contributed by atoms with van der Waals surface area (Å²) in [6.07, 6.45) is 5.26. The van der Waals surface area contributed by atoms with Crippen molar-refractivity contribution in [1.29, 1.82) is 0 Å². The van der Waals surface area contributed by atoms with E-state index in [1.165, 1.54) is 24.0 Å². The van der Waals surface area contributed by atoms with E-state index in [1.54, 1.807) is 6.33 Å². The molecule has 0 saturated heterocycles. The lowest BCUT2D eigenvalue weighted by Crippen LogP contribution is -2.26. The highest BCUT2D eigenvalue weighted by Crippen LogP contribution is 2.25. The largest absolute Gasteiger partial charge is 0.313 e. The standard InChI is InChI=1S/C17H24N4/c1-3-21-17(19-12-20-21)10-14(11-18-15-8-9-15)16-7-5-4-6-13(16)2/h4-7,12,14-15,18H,3,8-11H2,1-2H3. The van der Waals surface area contributed by atoms with Crippen LogP contribution in [0.15, 0.2) is 30.6 Å². The van der Waals surface area contributed by atoms with Gasteiger partial charge in [-0.3, -0.25) is 4.68 Å². The Balaban J connectivity index is 1.79. The lowest BCUT2D eigenvalue weighted by Gasteiger charge is -2.20. The van der Waals surface area contributed by atoms with E-state index >= 15 is 0 Å². The van der Waals surface area contributed by atoms with Crippen LogP contribution in [0.1, 0.15) is 42.6 Å². The molecule has 1 aromatic heterocycles. The summed E-state index contributed by atoms with van der Waals surface area (Å²) in [5.74, 6) is 1.55. The Hall–Kier alpha value is -1.68. The maximum atomic E-state index is 4.45. The molecule has 3 rings (SSSR count). The molecule has 1 heterocycles. The monoisotopic (exact) mass is 284 g/mol. The number of aryl methyl sites for hydroxylation is 2. The van der Waals surface area contributed by atoms with Crippen LogP contribution in [0.25, 0.3) is 0 Å². The summed E-state index contributed by atoms with van der Waals surface area (Å²) >= 11 is 0. The summed E-state index contributed by atoms with van der Waals surface area (Å²) in [5.41, 5.74) is 2.79. The Labute approximate surface area is 126 Å². The molecule has 4 heteroatoms. The molecule has 112 valence electrons. The van der Waals surface area contributed by atoms with Gasteiger partial charge in [-0.25, -0.2) is 4.98 Å². The average molecular weight is 284 g/mol. The van der Waals surface area contributed by atoms with Crippen molar-refractivity contribution in [3.8, 4) is 0 Å². The third kappa shape index (κ3) is 3.50. The number of rotatable bonds is 7. The van der Waals surface area contributed by atoms with Gasteiger partial charge in [0.05, 0.1) is 0 Å². The predicted octanol–water partition coefficient (Wildman–Crippen LogP) is 2.68. The first-order valence-corrected chi connectivity index (χ1v) is 7.93. The van der Waals surface area contributed by atoms with E-state index in [-0.39, 0.29) is 0 Å². The molecule has 0 spiro atoms. The molecule has 0 bridgehead atoms. The van der Waals surface area contributed by atoms with E-state index in [0.717, 1.165) is 31.4 Å². The van der Waals surface area contributed by atoms with Crippen molar-refractivity contribution in [3.05, 3.63) is 47.5 Å². The van der Waals surface area contributed by atoms with E-state index in [0.29, 0.717) is 5.92 Å². The van der Waals surface area contributed by atoms with Gasteiger partial charge in [-0.2, -0.15) is 5.10 Å². The van der Waals surface area contributed by atoms with Gasteiger partial charge in [0.25, 0.3) is 0 Å². The van der Waals surface area contributed by atoms with Crippen LogP contribution < -0.4 is 5.32 Å². The second kappa shape index (κ2) is 6.39. The van der Waals surface area contributed by atoms with E-state index in [2.05, 4.69) is 53.5 Å². The van der Waals surface area contributed by atoms with E-state index in [9.17, 15) is 0 Å². The van der Waals surface area contributed by atoms with Crippen LogP contribution in [0, 0.1) is 6.92 Å². The second-order valence-electron chi connectivity index (χ2n) is 5.93. The zero-order chi connectivity index (χ0) is 14.7. The zero-order valence-corrected chi connectivity index (χ0v) is 12.9. The fourth-order valence-electron chi connectivity index (χ4n) is 2.86. The molecule has 1 unspecified atom stereocenters. The first-order valence-electron chi connectivity index (χ1n) is 7.93. The number of nitrogens with zero attached hydrogens (tertiary/aromatic N) is 3. The molecule has 1 atom stereocenters. The molecule has 1 aliphatic carbocycles. The minimum atomic E-state index is 0.460. The molecule has 2 aromatic rings. The molecule has 0 radical (unpaired) electrons. The molecule has 0 amide bonds. The second-order valence-corrected chi connectivity index (χ2v) is 5.93. The molecular weight excluding hydrogens is 260 g/mol. The van der Waals surface area contributed by atoms with Gasteiger partial charge in [-0.05, 0) is 37.8 Å². The predicted molar refractivity (Wildman–Crippen MR) is 84.3 cm³/mol. The van der Waals surface area contributed by atoms with E-state index < -0.39 is 0 Å². The molecule has 1 saturated carbocycles. The molecule has 0 aliphatic heterocycles. The van der Waals surface area contributed by atoms with Crippen molar-refractivity contribution in [2.45, 2.75) is 51.6 Å². The van der Waals surface area contributed by atoms with Crippen LogP contribution in [-0.4, -0.2) is 27.4 Å². The quantitative estimate of drug-likeness (QED) is 0.850. The Morgan fingerprint density at radius 3 is 2.86 bits per heavy atom. The van der Waals surface area contributed by atoms with Gasteiger partial charge in [-0.1, -0.05) is 24.3 Å². The van der Waals surface area contributed by atoms with Crippen molar-refractivity contribution in [1.82, 2.24) is 20.1 Å². The first-order chi connectivity index (χ1) is 10.3. The molecule has 1 fully saturated rings. The van der Waals surface area contributed by atoms with Gasteiger partial charge in [0, 0.05) is 31.5 Å². The van der Waals surface area contributed by atoms with Crippen LogP contribution in [0.3, 0.4) is 0 Å². The SMILES string of the molecule is CCn1ncnc1CC(CNC1CC1)c1ccccc1C. The lowest BCUT2D eigenvalue weighted by atomic mass is 9.91. The summed E-state index contributed by atoms with van der Waals surface area (Å²) in [7, 11) is 0. The van der Waals surface area contributed by atoms with Crippen LogP contribution >= 0.6 is 0 Å².